The van der Waals surface area contributed by atoms with Crippen molar-refractivity contribution in [2.45, 2.75) is 18.8 Å². The number of benzene rings is 2. The monoisotopic (exact) mass is 451 g/mol. The first kappa shape index (κ1) is 22.8. The first-order valence-corrected chi connectivity index (χ1v) is 12.2. The van der Waals surface area contributed by atoms with E-state index < -0.39 is 0 Å². The van der Waals surface area contributed by atoms with Crippen LogP contribution in [0.1, 0.15) is 30.0 Å². The maximum Gasteiger partial charge on any atom is 0.115 e. The van der Waals surface area contributed by atoms with Gasteiger partial charge in [-0.05, 0) is 36.9 Å². The highest BCUT2D eigenvalue weighted by Gasteiger charge is 2.47. The Labute approximate surface area is 204 Å². The van der Waals surface area contributed by atoms with Crippen LogP contribution >= 0.6 is 0 Å². The van der Waals surface area contributed by atoms with Crippen LogP contribution in [-0.4, -0.2) is 67.2 Å². The molecule has 0 amide bonds. The van der Waals surface area contributed by atoms with Gasteiger partial charge in [-0.15, -0.1) is 0 Å². The standard InChI is InChI=1S/C28H34BN5/c1-20(17-30-21(2)27-24-7-5-6-8-26(24)33(4)31-27)34-15-13-28(14-16-34)19-32(3)18-25(28)22-9-11-23(29)12-10-22/h5-12,25,30H,1-2,13-19H2,3-4H3. The van der Waals surface area contributed by atoms with E-state index in [1.54, 1.807) is 0 Å². The minimum absolute atomic E-state index is 0.325. The summed E-state index contributed by atoms with van der Waals surface area (Å²) in [4.78, 5) is 4.94. The molecule has 1 N–H and O–H groups in total. The molecule has 2 saturated heterocycles. The third-order valence-electron chi connectivity index (χ3n) is 7.91. The largest absolute Gasteiger partial charge is 0.378 e. The van der Waals surface area contributed by atoms with E-state index in [0.717, 1.165) is 59.6 Å². The van der Waals surface area contributed by atoms with Gasteiger partial charge in [0.25, 0.3) is 0 Å². The van der Waals surface area contributed by atoms with Gasteiger partial charge in [0.1, 0.15) is 13.5 Å². The molecule has 2 radical (unpaired) electrons. The predicted molar refractivity (Wildman–Crippen MR) is 142 cm³/mol. The van der Waals surface area contributed by atoms with Crippen molar-refractivity contribution >= 4 is 29.9 Å². The zero-order valence-corrected chi connectivity index (χ0v) is 20.4. The molecule has 1 spiro atoms. The summed E-state index contributed by atoms with van der Waals surface area (Å²) in [6, 6.07) is 16.8. The van der Waals surface area contributed by atoms with Crippen molar-refractivity contribution in [1.82, 2.24) is 24.9 Å². The number of nitrogens with zero attached hydrogens (tertiary/aromatic N) is 4. The van der Waals surface area contributed by atoms with E-state index in [0.29, 0.717) is 17.9 Å². The summed E-state index contributed by atoms with van der Waals surface area (Å²) >= 11 is 0. The Morgan fingerprint density at radius 1 is 1.09 bits per heavy atom. The summed E-state index contributed by atoms with van der Waals surface area (Å²) in [5.41, 5.74) is 6.56. The summed E-state index contributed by atoms with van der Waals surface area (Å²) in [7, 11) is 10.2. The molecule has 174 valence electrons. The number of fused-ring (bicyclic) bond motifs is 1. The second-order valence-corrected chi connectivity index (χ2v) is 10.2. The zero-order valence-electron chi connectivity index (χ0n) is 20.4. The average Bonchev–Trinajstić information content (AvgIpc) is 3.35. The number of piperidine rings is 1. The van der Waals surface area contributed by atoms with Gasteiger partial charge in [-0.3, -0.25) is 4.68 Å². The van der Waals surface area contributed by atoms with Gasteiger partial charge >= 0.3 is 0 Å². The predicted octanol–water partition coefficient (Wildman–Crippen LogP) is 3.25. The van der Waals surface area contributed by atoms with Gasteiger partial charge in [-0.25, -0.2) is 0 Å². The van der Waals surface area contributed by atoms with E-state index in [-0.39, 0.29) is 0 Å². The Morgan fingerprint density at radius 2 is 1.79 bits per heavy atom. The van der Waals surface area contributed by atoms with Crippen molar-refractivity contribution in [2.24, 2.45) is 12.5 Å². The zero-order chi connectivity index (χ0) is 23.9. The molecule has 2 fully saturated rings. The van der Waals surface area contributed by atoms with Crippen LogP contribution < -0.4 is 10.8 Å². The van der Waals surface area contributed by atoms with Crippen LogP contribution in [-0.2, 0) is 7.05 Å². The van der Waals surface area contributed by atoms with Crippen molar-refractivity contribution in [3.8, 4) is 0 Å². The van der Waals surface area contributed by atoms with E-state index in [4.69, 9.17) is 7.85 Å². The van der Waals surface area contributed by atoms with Crippen molar-refractivity contribution in [2.75, 3.05) is 39.8 Å². The fourth-order valence-corrected chi connectivity index (χ4v) is 6.02. The Kier molecular flexibility index (Phi) is 6.03. The van der Waals surface area contributed by atoms with E-state index >= 15 is 0 Å². The number of nitrogens with one attached hydrogen (secondary N) is 1. The highest BCUT2D eigenvalue weighted by atomic mass is 15.3. The minimum Gasteiger partial charge on any atom is -0.378 e. The molecule has 3 heterocycles. The van der Waals surface area contributed by atoms with Crippen LogP contribution in [0, 0.1) is 5.41 Å². The van der Waals surface area contributed by atoms with Gasteiger partial charge in [0.15, 0.2) is 0 Å². The molecule has 3 aromatic rings. The molecule has 1 aromatic heterocycles. The summed E-state index contributed by atoms with van der Waals surface area (Å²) in [5, 5.41) is 9.27. The Hall–Kier alpha value is -2.99. The highest BCUT2D eigenvalue weighted by Crippen LogP contribution is 2.49. The molecule has 1 unspecified atom stereocenters. The Morgan fingerprint density at radius 3 is 2.53 bits per heavy atom. The number of likely N-dealkylation sites (tertiary alicyclic amines) is 2. The smallest absolute Gasteiger partial charge is 0.115 e. The van der Waals surface area contributed by atoms with Crippen molar-refractivity contribution in [3.05, 3.63) is 78.6 Å². The number of likely N-dealkylation sites (N-methyl/N-ethyl adjacent to an activating group) is 1. The number of aromatic nitrogens is 2. The first-order chi connectivity index (χ1) is 16.4. The molecule has 5 rings (SSSR count). The van der Waals surface area contributed by atoms with Gasteiger partial charge in [0.2, 0.25) is 0 Å². The SMILES string of the molecule is [B]c1ccc(C2CN(C)CC23CCN(C(=C)CNC(=C)c2nn(C)c4ccccc24)CC3)cc1. The second-order valence-electron chi connectivity index (χ2n) is 10.2. The molecule has 0 saturated carbocycles. The molecule has 2 aromatic carbocycles. The molecule has 2 aliphatic rings. The quantitative estimate of drug-likeness (QED) is 0.584. The lowest BCUT2D eigenvalue weighted by Gasteiger charge is -2.44. The molecule has 6 heteroatoms. The highest BCUT2D eigenvalue weighted by molar-refractivity contribution is 6.32. The van der Waals surface area contributed by atoms with Crippen molar-refractivity contribution < 1.29 is 0 Å². The van der Waals surface area contributed by atoms with Gasteiger partial charge in [-0.1, -0.05) is 61.1 Å². The maximum atomic E-state index is 5.95. The summed E-state index contributed by atoms with van der Waals surface area (Å²) < 4.78 is 1.91. The average molecular weight is 451 g/mol. The third kappa shape index (κ3) is 4.16. The lowest BCUT2D eigenvalue weighted by atomic mass is 9.68. The van der Waals surface area contributed by atoms with E-state index in [1.807, 2.05) is 36.0 Å². The molecule has 34 heavy (non-hydrogen) atoms. The van der Waals surface area contributed by atoms with E-state index in [2.05, 4.69) is 64.7 Å². The van der Waals surface area contributed by atoms with Crippen LogP contribution in [0.5, 0.6) is 0 Å². The molecular weight excluding hydrogens is 417 g/mol. The van der Waals surface area contributed by atoms with Gasteiger partial charge in [-0.2, -0.15) is 5.10 Å². The fourth-order valence-electron chi connectivity index (χ4n) is 6.02. The van der Waals surface area contributed by atoms with E-state index in [9.17, 15) is 0 Å². The van der Waals surface area contributed by atoms with Crippen LogP contribution in [0.4, 0.5) is 0 Å². The van der Waals surface area contributed by atoms with Crippen LogP contribution in [0.25, 0.3) is 16.6 Å². The van der Waals surface area contributed by atoms with Crippen molar-refractivity contribution in [3.63, 3.8) is 0 Å². The van der Waals surface area contributed by atoms with Crippen LogP contribution in [0.3, 0.4) is 0 Å². The fraction of sp³-hybridized carbons (Fsp3) is 0.393. The maximum absolute atomic E-state index is 5.95. The number of hydrogen-bond acceptors (Lipinski definition) is 4. The third-order valence-corrected chi connectivity index (χ3v) is 7.91. The first-order valence-electron chi connectivity index (χ1n) is 12.2. The molecule has 2 aliphatic heterocycles. The summed E-state index contributed by atoms with van der Waals surface area (Å²) in [6.45, 7) is 13.7. The van der Waals surface area contributed by atoms with Gasteiger partial charge < -0.3 is 15.1 Å². The molecule has 5 nitrogen and oxygen atoms in total. The Bertz CT molecular complexity index is 1200. The summed E-state index contributed by atoms with van der Waals surface area (Å²) in [6.07, 6.45) is 2.36. The van der Waals surface area contributed by atoms with Crippen molar-refractivity contribution in [1.29, 1.82) is 0 Å². The normalized spacial score (nSPS) is 20.2. The molecule has 0 aliphatic carbocycles. The molecule has 0 bridgehead atoms. The van der Waals surface area contributed by atoms with E-state index in [1.165, 1.54) is 18.4 Å². The molecular formula is C28H34BN5. The van der Waals surface area contributed by atoms with Gasteiger partial charge in [0.05, 0.1) is 17.8 Å². The lowest BCUT2D eigenvalue weighted by molar-refractivity contribution is 0.119. The number of aryl methyl sites for hydroxylation is 1. The summed E-state index contributed by atoms with van der Waals surface area (Å²) in [5.74, 6) is 0.559. The van der Waals surface area contributed by atoms with Crippen LogP contribution in [0.15, 0.2) is 67.4 Å². The second kappa shape index (κ2) is 8.99. The topological polar surface area (TPSA) is 36.3 Å². The van der Waals surface area contributed by atoms with Crippen LogP contribution in [0.2, 0.25) is 0 Å². The number of para-hydroxylation sites is 1. The van der Waals surface area contributed by atoms with Gasteiger partial charge in [0, 0.05) is 50.2 Å². The Balaban J connectivity index is 1.21. The number of rotatable bonds is 6. The minimum atomic E-state index is 0.325. The number of hydrogen-bond donors (Lipinski definition) is 1. The molecule has 1 atom stereocenters. The lowest BCUT2D eigenvalue weighted by Crippen LogP contribution is -2.44.